The number of nitrogens with one attached hydrogen (secondary N) is 1. The van der Waals surface area contributed by atoms with E-state index in [2.05, 4.69) is 21.4 Å². The van der Waals surface area contributed by atoms with Crippen molar-refractivity contribution in [2.45, 2.75) is 12.5 Å². The molecule has 0 radical (unpaired) electrons. The average Bonchev–Trinajstić information content (AvgIpc) is 2.39. The number of rotatable bonds is 4. The Bertz CT molecular complexity index is 575. The molecule has 0 spiro atoms. The normalized spacial score (nSPS) is 12.4. The van der Waals surface area contributed by atoms with Crippen LogP contribution in [0.1, 0.15) is 17.2 Å². The Morgan fingerprint density at radius 1 is 1.16 bits per heavy atom. The highest BCUT2D eigenvalue weighted by atomic mass is 79.9. The second-order valence-corrected chi connectivity index (χ2v) is 5.08. The standard InChI is InChI=1S/C14H13BrF2N2/c15-12-5-4-10(8-13(12)17)14(19-18)7-9-2-1-3-11(16)6-9/h1-6,8,14,19H,7,18H2. The summed E-state index contributed by atoms with van der Waals surface area (Å²) in [5.41, 5.74) is 4.14. The summed E-state index contributed by atoms with van der Waals surface area (Å²) in [6.45, 7) is 0. The molecule has 0 amide bonds. The number of benzene rings is 2. The van der Waals surface area contributed by atoms with Crippen LogP contribution in [0.3, 0.4) is 0 Å². The van der Waals surface area contributed by atoms with E-state index in [9.17, 15) is 8.78 Å². The topological polar surface area (TPSA) is 38.0 Å². The van der Waals surface area contributed by atoms with E-state index in [1.54, 1.807) is 18.2 Å². The van der Waals surface area contributed by atoms with Gasteiger partial charge in [0.1, 0.15) is 11.6 Å². The monoisotopic (exact) mass is 326 g/mol. The molecule has 0 aliphatic carbocycles. The van der Waals surface area contributed by atoms with Crippen molar-refractivity contribution in [1.29, 1.82) is 0 Å². The van der Waals surface area contributed by atoms with Crippen molar-refractivity contribution < 1.29 is 8.78 Å². The molecule has 0 fully saturated rings. The summed E-state index contributed by atoms with van der Waals surface area (Å²) in [6, 6.07) is 10.8. The van der Waals surface area contributed by atoms with E-state index in [0.29, 0.717) is 16.5 Å². The number of halogens is 3. The minimum atomic E-state index is -0.350. The molecule has 1 unspecified atom stereocenters. The lowest BCUT2D eigenvalue weighted by molar-refractivity contribution is 0.541. The Kier molecular flexibility index (Phi) is 4.63. The van der Waals surface area contributed by atoms with E-state index in [0.717, 1.165) is 5.56 Å². The number of hydrazine groups is 1. The van der Waals surface area contributed by atoms with Gasteiger partial charge in [0, 0.05) is 0 Å². The Hall–Kier alpha value is -1.30. The van der Waals surface area contributed by atoms with Gasteiger partial charge in [-0.2, -0.15) is 0 Å². The van der Waals surface area contributed by atoms with Crippen LogP contribution in [-0.2, 0) is 6.42 Å². The van der Waals surface area contributed by atoms with E-state index in [-0.39, 0.29) is 17.7 Å². The SMILES string of the molecule is NNC(Cc1cccc(F)c1)c1ccc(Br)c(F)c1. The fourth-order valence-corrected chi connectivity index (χ4v) is 2.15. The van der Waals surface area contributed by atoms with Gasteiger partial charge in [-0.15, -0.1) is 0 Å². The van der Waals surface area contributed by atoms with Crippen LogP contribution >= 0.6 is 15.9 Å². The second-order valence-electron chi connectivity index (χ2n) is 4.23. The first kappa shape index (κ1) is 14.1. The zero-order chi connectivity index (χ0) is 13.8. The lowest BCUT2D eigenvalue weighted by Crippen LogP contribution is -2.29. The highest BCUT2D eigenvalue weighted by molar-refractivity contribution is 9.10. The van der Waals surface area contributed by atoms with Crippen LogP contribution < -0.4 is 11.3 Å². The highest BCUT2D eigenvalue weighted by Gasteiger charge is 2.13. The first-order valence-corrected chi connectivity index (χ1v) is 6.55. The molecule has 0 aromatic heterocycles. The van der Waals surface area contributed by atoms with Crippen LogP contribution in [0.5, 0.6) is 0 Å². The lowest BCUT2D eigenvalue weighted by atomic mass is 9.99. The zero-order valence-corrected chi connectivity index (χ0v) is 11.6. The molecule has 19 heavy (non-hydrogen) atoms. The molecule has 0 bridgehead atoms. The van der Waals surface area contributed by atoms with Crippen LogP contribution in [0.15, 0.2) is 46.9 Å². The van der Waals surface area contributed by atoms with Gasteiger partial charge in [0.25, 0.3) is 0 Å². The van der Waals surface area contributed by atoms with Gasteiger partial charge in [0.05, 0.1) is 10.5 Å². The molecule has 0 aliphatic heterocycles. The molecular formula is C14H13BrF2N2. The maximum absolute atomic E-state index is 13.5. The van der Waals surface area contributed by atoms with Gasteiger partial charge in [0.15, 0.2) is 0 Å². The van der Waals surface area contributed by atoms with Gasteiger partial charge >= 0.3 is 0 Å². The molecule has 0 heterocycles. The summed E-state index contributed by atoms with van der Waals surface area (Å²) < 4.78 is 27.0. The molecule has 0 saturated heterocycles. The van der Waals surface area contributed by atoms with E-state index >= 15 is 0 Å². The van der Waals surface area contributed by atoms with Gasteiger partial charge in [-0.1, -0.05) is 18.2 Å². The van der Waals surface area contributed by atoms with Crippen LogP contribution in [0.4, 0.5) is 8.78 Å². The fraction of sp³-hybridized carbons (Fsp3) is 0.143. The molecule has 0 saturated carbocycles. The van der Waals surface area contributed by atoms with Gasteiger partial charge in [-0.05, 0) is 57.7 Å². The smallest absolute Gasteiger partial charge is 0.137 e. The molecule has 2 aromatic carbocycles. The first-order valence-electron chi connectivity index (χ1n) is 5.75. The second kappa shape index (κ2) is 6.23. The Balaban J connectivity index is 2.22. The van der Waals surface area contributed by atoms with Crippen molar-refractivity contribution in [3.63, 3.8) is 0 Å². The maximum Gasteiger partial charge on any atom is 0.137 e. The quantitative estimate of drug-likeness (QED) is 0.667. The highest BCUT2D eigenvalue weighted by Crippen LogP contribution is 2.23. The Morgan fingerprint density at radius 2 is 1.95 bits per heavy atom. The Labute approximate surface area is 118 Å². The van der Waals surface area contributed by atoms with Gasteiger partial charge < -0.3 is 0 Å². The largest absolute Gasteiger partial charge is 0.271 e. The average molecular weight is 327 g/mol. The summed E-state index contributed by atoms with van der Waals surface area (Å²) in [5.74, 6) is 4.85. The lowest BCUT2D eigenvalue weighted by Gasteiger charge is -2.17. The first-order chi connectivity index (χ1) is 9.10. The molecule has 0 aliphatic rings. The summed E-state index contributed by atoms with van der Waals surface area (Å²) in [6.07, 6.45) is 0.481. The summed E-state index contributed by atoms with van der Waals surface area (Å²) in [7, 11) is 0. The van der Waals surface area contributed by atoms with E-state index < -0.39 is 0 Å². The fourth-order valence-electron chi connectivity index (χ4n) is 1.90. The van der Waals surface area contributed by atoms with Crippen LogP contribution in [0.2, 0.25) is 0 Å². The van der Waals surface area contributed by atoms with E-state index in [4.69, 9.17) is 5.84 Å². The van der Waals surface area contributed by atoms with Crippen LogP contribution in [0.25, 0.3) is 0 Å². The third-order valence-electron chi connectivity index (χ3n) is 2.88. The van der Waals surface area contributed by atoms with Crippen LogP contribution in [-0.4, -0.2) is 0 Å². The van der Waals surface area contributed by atoms with Crippen molar-refractivity contribution >= 4 is 15.9 Å². The van der Waals surface area contributed by atoms with Gasteiger partial charge in [-0.25, -0.2) is 8.78 Å². The molecule has 2 rings (SSSR count). The van der Waals surface area contributed by atoms with Crippen molar-refractivity contribution in [3.8, 4) is 0 Å². The predicted octanol–water partition coefficient (Wildman–Crippen LogP) is 3.47. The van der Waals surface area contributed by atoms with E-state index in [1.807, 2.05) is 6.07 Å². The van der Waals surface area contributed by atoms with Crippen molar-refractivity contribution in [2.24, 2.45) is 5.84 Å². The number of nitrogens with two attached hydrogens (primary N) is 1. The van der Waals surface area contributed by atoms with E-state index in [1.165, 1.54) is 18.2 Å². The van der Waals surface area contributed by atoms with Crippen molar-refractivity contribution in [1.82, 2.24) is 5.43 Å². The minimum absolute atomic E-state index is 0.274. The minimum Gasteiger partial charge on any atom is -0.271 e. The number of hydrogen-bond acceptors (Lipinski definition) is 2. The molecule has 3 N–H and O–H groups in total. The van der Waals surface area contributed by atoms with Gasteiger partial charge in [0.2, 0.25) is 0 Å². The predicted molar refractivity (Wildman–Crippen MR) is 74.3 cm³/mol. The summed E-state index contributed by atoms with van der Waals surface area (Å²) in [4.78, 5) is 0. The van der Waals surface area contributed by atoms with Crippen molar-refractivity contribution in [3.05, 3.63) is 69.7 Å². The zero-order valence-electron chi connectivity index (χ0n) is 10.0. The van der Waals surface area contributed by atoms with Gasteiger partial charge in [-0.3, -0.25) is 11.3 Å². The number of hydrogen-bond donors (Lipinski definition) is 2. The molecule has 100 valence electrons. The third kappa shape index (κ3) is 3.59. The molecular weight excluding hydrogens is 314 g/mol. The van der Waals surface area contributed by atoms with Crippen LogP contribution in [0, 0.1) is 11.6 Å². The van der Waals surface area contributed by atoms with Crippen molar-refractivity contribution in [2.75, 3.05) is 0 Å². The molecule has 5 heteroatoms. The molecule has 2 aromatic rings. The molecule has 1 atom stereocenters. The summed E-state index contributed by atoms with van der Waals surface area (Å²) >= 11 is 3.10. The molecule has 2 nitrogen and oxygen atoms in total. The third-order valence-corrected chi connectivity index (χ3v) is 3.52. The summed E-state index contributed by atoms with van der Waals surface area (Å²) in [5, 5.41) is 0. The maximum atomic E-state index is 13.5. The Morgan fingerprint density at radius 3 is 2.58 bits per heavy atom.